The van der Waals surface area contributed by atoms with Crippen molar-refractivity contribution in [3.63, 3.8) is 0 Å². The quantitative estimate of drug-likeness (QED) is 0.388. The van der Waals surface area contributed by atoms with Crippen molar-refractivity contribution < 1.29 is 18.9 Å². The summed E-state index contributed by atoms with van der Waals surface area (Å²) >= 11 is 0. The minimum atomic E-state index is -1.30. The molecule has 2 aromatic rings. The van der Waals surface area contributed by atoms with E-state index in [0.717, 1.165) is 49.9 Å². The van der Waals surface area contributed by atoms with E-state index in [1.807, 2.05) is 48.8 Å². The molecule has 0 bridgehead atoms. The third-order valence-corrected chi connectivity index (χ3v) is 5.86. The topological polar surface area (TPSA) is 61.6 Å². The third kappa shape index (κ3) is 7.86. The Hall–Kier alpha value is -2.38. The van der Waals surface area contributed by atoms with Gasteiger partial charge in [-0.25, -0.2) is 0 Å². The molecule has 0 radical (unpaired) electrons. The van der Waals surface area contributed by atoms with Gasteiger partial charge in [-0.15, -0.1) is 0 Å². The van der Waals surface area contributed by atoms with Crippen LogP contribution in [0.25, 0.3) is 0 Å². The summed E-state index contributed by atoms with van der Waals surface area (Å²) in [5, 5.41) is 0. The predicted molar refractivity (Wildman–Crippen MR) is 130 cm³/mol. The molecule has 0 saturated carbocycles. The van der Waals surface area contributed by atoms with E-state index >= 15 is 0 Å². The van der Waals surface area contributed by atoms with Crippen molar-refractivity contribution in [2.75, 3.05) is 39.5 Å². The summed E-state index contributed by atoms with van der Waals surface area (Å²) in [5.74, 6) is 0.685. The Kier molecular flexibility index (Phi) is 9.18. The second-order valence-electron chi connectivity index (χ2n) is 8.65. The minimum absolute atomic E-state index is 0.343. The highest BCUT2D eigenvalue weighted by Gasteiger charge is 2.44. The van der Waals surface area contributed by atoms with E-state index in [2.05, 4.69) is 34.3 Å². The Morgan fingerprint density at radius 3 is 1.42 bits per heavy atom. The van der Waals surface area contributed by atoms with E-state index in [4.69, 9.17) is 18.9 Å². The fourth-order valence-electron chi connectivity index (χ4n) is 3.92. The number of rotatable bonds is 10. The van der Waals surface area contributed by atoms with Gasteiger partial charge in [0.2, 0.25) is 0 Å². The Bertz CT molecular complexity index is 779. The molecule has 33 heavy (non-hydrogen) atoms. The zero-order valence-electron chi connectivity index (χ0n) is 19.2. The molecule has 2 aliphatic heterocycles. The summed E-state index contributed by atoms with van der Waals surface area (Å²) in [7, 11) is 0. The van der Waals surface area contributed by atoms with Crippen molar-refractivity contribution in [3.8, 4) is 0 Å². The van der Waals surface area contributed by atoms with Gasteiger partial charge in [0, 0.05) is 37.4 Å². The molecule has 2 aliphatic rings. The number of hydrogen-bond acceptors (Lipinski definition) is 6. The zero-order valence-corrected chi connectivity index (χ0v) is 19.2. The van der Waals surface area contributed by atoms with Crippen LogP contribution in [0.5, 0.6) is 0 Å². The van der Waals surface area contributed by atoms with Crippen LogP contribution in [0, 0.1) is 11.8 Å². The highest BCUT2D eigenvalue weighted by molar-refractivity contribution is 5.79. The molecule has 0 N–H and O–H groups in total. The van der Waals surface area contributed by atoms with Gasteiger partial charge < -0.3 is 18.9 Å². The Morgan fingerprint density at radius 1 is 0.636 bits per heavy atom. The van der Waals surface area contributed by atoms with Crippen molar-refractivity contribution in [3.05, 3.63) is 71.8 Å². The summed E-state index contributed by atoms with van der Waals surface area (Å²) < 4.78 is 23.4. The van der Waals surface area contributed by atoms with E-state index in [0.29, 0.717) is 38.3 Å². The van der Waals surface area contributed by atoms with Crippen molar-refractivity contribution >= 4 is 12.4 Å². The Balaban J connectivity index is 1.06. The van der Waals surface area contributed by atoms with Crippen LogP contribution < -0.4 is 0 Å². The van der Waals surface area contributed by atoms with Crippen LogP contribution in [0.2, 0.25) is 0 Å². The first-order valence-corrected chi connectivity index (χ1v) is 12.0. The average Bonchev–Trinajstić information content (AvgIpc) is 2.87. The van der Waals surface area contributed by atoms with Crippen LogP contribution in [0.1, 0.15) is 36.8 Å². The molecule has 6 nitrogen and oxygen atoms in total. The van der Waals surface area contributed by atoms with Crippen molar-refractivity contribution in [2.45, 2.75) is 31.8 Å². The van der Waals surface area contributed by atoms with Gasteiger partial charge in [0.1, 0.15) is 0 Å². The maximum Gasteiger partial charge on any atom is 0.412 e. The fraction of sp³-hybridized carbons (Fsp3) is 0.481. The predicted octanol–water partition coefficient (Wildman–Crippen LogP) is 4.72. The first-order chi connectivity index (χ1) is 16.3. The molecule has 0 atom stereocenters. The van der Waals surface area contributed by atoms with Crippen molar-refractivity contribution in [1.29, 1.82) is 0 Å². The maximum absolute atomic E-state index is 5.86. The molecule has 176 valence electrons. The van der Waals surface area contributed by atoms with Gasteiger partial charge >= 0.3 is 6.16 Å². The van der Waals surface area contributed by atoms with E-state index < -0.39 is 6.16 Å². The van der Waals surface area contributed by atoms with Crippen molar-refractivity contribution in [1.82, 2.24) is 0 Å². The summed E-state index contributed by atoms with van der Waals surface area (Å²) in [6.45, 7) is 3.95. The zero-order chi connectivity index (χ0) is 22.6. The maximum atomic E-state index is 5.86. The summed E-state index contributed by atoms with van der Waals surface area (Å²) in [4.78, 5) is 9.01. The third-order valence-electron chi connectivity index (χ3n) is 5.86. The summed E-state index contributed by atoms with van der Waals surface area (Å²) in [5.41, 5.74) is 2.27. The van der Waals surface area contributed by atoms with E-state index in [1.54, 1.807) is 0 Å². The SMILES string of the molecule is C(=NCCCC1COC2(OC1)OCC(CCCN=Cc1ccccc1)CO2)c1ccccc1. The number of nitrogens with zero attached hydrogens (tertiary/aromatic N) is 2. The summed E-state index contributed by atoms with van der Waals surface area (Å²) in [6, 6.07) is 20.3. The molecule has 0 aromatic heterocycles. The van der Waals surface area contributed by atoms with Gasteiger partial charge in [-0.05, 0) is 36.8 Å². The lowest BCUT2D eigenvalue weighted by Crippen LogP contribution is -2.53. The number of ether oxygens (including phenoxy) is 4. The lowest BCUT2D eigenvalue weighted by atomic mass is 10.0. The smallest absolute Gasteiger partial charge is 0.303 e. The van der Waals surface area contributed by atoms with Crippen LogP contribution in [-0.2, 0) is 18.9 Å². The normalized spacial score (nSPS) is 25.8. The molecule has 0 aliphatic carbocycles. The average molecular weight is 451 g/mol. The highest BCUT2D eigenvalue weighted by atomic mass is 17.0. The second kappa shape index (κ2) is 12.8. The molecular weight excluding hydrogens is 416 g/mol. The lowest BCUT2D eigenvalue weighted by molar-refractivity contribution is -0.535. The molecule has 0 unspecified atom stereocenters. The molecule has 2 aromatic carbocycles. The highest BCUT2D eigenvalue weighted by Crippen LogP contribution is 2.31. The van der Waals surface area contributed by atoms with Gasteiger partial charge in [0.25, 0.3) is 0 Å². The molecular formula is C27H34N2O4. The van der Waals surface area contributed by atoms with E-state index in [1.165, 1.54) is 0 Å². The number of hydrogen-bond donors (Lipinski definition) is 0. The van der Waals surface area contributed by atoms with Gasteiger partial charge in [0.15, 0.2) is 0 Å². The minimum Gasteiger partial charge on any atom is -0.303 e. The molecule has 0 amide bonds. The van der Waals surface area contributed by atoms with Crippen LogP contribution in [0.15, 0.2) is 70.6 Å². The fourth-order valence-corrected chi connectivity index (χ4v) is 3.92. The van der Waals surface area contributed by atoms with Gasteiger partial charge in [0.05, 0.1) is 26.4 Å². The van der Waals surface area contributed by atoms with Crippen molar-refractivity contribution in [2.24, 2.45) is 21.8 Å². The van der Waals surface area contributed by atoms with Crippen LogP contribution in [0.4, 0.5) is 0 Å². The van der Waals surface area contributed by atoms with Crippen LogP contribution in [-0.4, -0.2) is 58.1 Å². The molecule has 6 heteroatoms. The van der Waals surface area contributed by atoms with Crippen LogP contribution in [0.3, 0.4) is 0 Å². The lowest BCUT2D eigenvalue weighted by Gasteiger charge is -2.42. The van der Waals surface area contributed by atoms with Gasteiger partial charge in [-0.3, -0.25) is 9.98 Å². The van der Waals surface area contributed by atoms with Gasteiger partial charge in [-0.2, -0.15) is 0 Å². The largest absolute Gasteiger partial charge is 0.412 e. The monoisotopic (exact) mass is 450 g/mol. The molecule has 4 rings (SSSR count). The first kappa shape index (κ1) is 23.8. The molecule has 2 fully saturated rings. The second-order valence-corrected chi connectivity index (χ2v) is 8.65. The van der Waals surface area contributed by atoms with Gasteiger partial charge in [-0.1, -0.05) is 60.7 Å². The van der Waals surface area contributed by atoms with E-state index in [9.17, 15) is 0 Å². The van der Waals surface area contributed by atoms with Crippen LogP contribution >= 0.6 is 0 Å². The number of aliphatic imine (C=N–C) groups is 2. The number of benzene rings is 2. The molecule has 2 saturated heterocycles. The molecule has 1 spiro atoms. The van der Waals surface area contributed by atoms with E-state index in [-0.39, 0.29) is 0 Å². The Labute approximate surface area is 196 Å². The standard InChI is InChI=1S/C27H34N2O4/c1-3-9-23(10-4-1)17-28-15-7-13-25-19-30-27(31-20-25)32-21-26(22-33-27)14-8-16-29-18-24-11-5-2-6-12-24/h1-6,9-12,17-18,25-26H,7-8,13-16,19-22H2. The first-order valence-electron chi connectivity index (χ1n) is 12.0. The summed E-state index contributed by atoms with van der Waals surface area (Å²) in [6.07, 6.45) is 6.58. The molecule has 2 heterocycles. The Morgan fingerprint density at radius 2 is 1.03 bits per heavy atom.